The van der Waals surface area contributed by atoms with Crippen molar-refractivity contribution in [3.05, 3.63) is 94.2 Å². The molecule has 7 heteroatoms. The molecule has 0 radical (unpaired) electrons. The fourth-order valence-corrected chi connectivity index (χ4v) is 4.53. The number of aromatic nitrogens is 2. The summed E-state index contributed by atoms with van der Waals surface area (Å²) in [5.74, 6) is 1.49. The molecular formula is C21H14Cl2N3OTl. The van der Waals surface area contributed by atoms with E-state index in [2.05, 4.69) is 15.3 Å². The third-order valence-corrected chi connectivity index (χ3v) is 6.19. The van der Waals surface area contributed by atoms with Gasteiger partial charge in [-0.1, -0.05) is 0 Å². The summed E-state index contributed by atoms with van der Waals surface area (Å²) in [5, 5.41) is 5.50. The predicted octanol–water partition coefficient (Wildman–Crippen LogP) is 5.60. The number of pyridine rings is 2. The van der Waals surface area contributed by atoms with Gasteiger partial charge in [-0.05, 0) is 0 Å². The van der Waals surface area contributed by atoms with Gasteiger partial charge in [0.2, 0.25) is 0 Å². The Hall–Kier alpha value is -1.90. The number of nitrogens with one attached hydrogen (secondary N) is 1. The first-order valence-electron chi connectivity index (χ1n) is 8.55. The van der Waals surface area contributed by atoms with Gasteiger partial charge in [-0.2, -0.15) is 0 Å². The standard InChI is InChI=1S/C21H15Cl2N3O.Tl/c22-16-7-3-6-14(18(16)23)20(26-17-8-1-2-11-24-17)15-10-9-13-5-4-12-25-19(13)21(15)27;/h1-12,20,27H,(H,24,26);/q;+1/p-1. The molecule has 0 aliphatic carbocycles. The van der Waals surface area contributed by atoms with Crippen LogP contribution in [0.1, 0.15) is 17.2 Å². The van der Waals surface area contributed by atoms with E-state index in [0.717, 1.165) is 33.6 Å². The molecular weight excluding hydrogens is 586 g/mol. The zero-order valence-corrected chi connectivity index (χ0v) is 20.6. The minimum absolute atomic E-state index is 0.304. The number of hydrogen-bond acceptors (Lipinski definition) is 4. The maximum absolute atomic E-state index is 6.58. The van der Waals surface area contributed by atoms with Crippen molar-refractivity contribution >= 4 is 66.1 Å². The summed E-state index contributed by atoms with van der Waals surface area (Å²) in [6, 6.07) is 19.0. The van der Waals surface area contributed by atoms with Crippen molar-refractivity contribution in [2.45, 2.75) is 6.04 Å². The summed E-state index contributed by atoms with van der Waals surface area (Å²) in [7, 11) is 0. The number of rotatable bonds is 5. The first-order valence-corrected chi connectivity index (χ1v) is 11.1. The Bertz CT molecular complexity index is 1130. The third kappa shape index (κ3) is 3.81. The Morgan fingerprint density at radius 1 is 0.857 bits per heavy atom. The topological polar surface area (TPSA) is 47.0 Å². The van der Waals surface area contributed by atoms with E-state index in [9.17, 15) is 0 Å². The number of benzene rings is 2. The normalized spacial score (nSPS) is 11.9. The maximum atomic E-state index is 6.58. The molecule has 0 saturated carbocycles. The van der Waals surface area contributed by atoms with Gasteiger partial charge in [0.1, 0.15) is 0 Å². The van der Waals surface area contributed by atoms with Gasteiger partial charge >= 0.3 is 190 Å². The molecule has 0 amide bonds. The molecule has 2 heterocycles. The fourth-order valence-electron chi connectivity index (χ4n) is 3.15. The van der Waals surface area contributed by atoms with E-state index in [1.807, 2.05) is 54.6 Å². The van der Waals surface area contributed by atoms with Crippen molar-refractivity contribution in [3.8, 4) is 5.75 Å². The van der Waals surface area contributed by atoms with Gasteiger partial charge in [0, 0.05) is 0 Å². The van der Waals surface area contributed by atoms with E-state index in [1.54, 1.807) is 18.5 Å². The van der Waals surface area contributed by atoms with Gasteiger partial charge in [0.15, 0.2) is 0 Å². The van der Waals surface area contributed by atoms with Crippen LogP contribution in [0, 0.1) is 0 Å². The molecule has 0 aliphatic heterocycles. The van der Waals surface area contributed by atoms with Crippen LogP contribution in [0.5, 0.6) is 5.75 Å². The van der Waals surface area contributed by atoms with Crippen molar-refractivity contribution in [3.63, 3.8) is 0 Å². The zero-order valence-electron chi connectivity index (χ0n) is 14.6. The molecule has 136 valence electrons. The second-order valence-corrected chi connectivity index (χ2v) is 7.81. The van der Waals surface area contributed by atoms with Crippen molar-refractivity contribution in [2.75, 3.05) is 5.32 Å². The van der Waals surface area contributed by atoms with Crippen LogP contribution in [-0.2, 0) is 0 Å². The van der Waals surface area contributed by atoms with Crippen molar-refractivity contribution < 1.29 is 2.69 Å². The molecule has 1 atom stereocenters. The van der Waals surface area contributed by atoms with Crippen LogP contribution < -0.4 is 8.00 Å². The third-order valence-electron chi connectivity index (χ3n) is 4.44. The summed E-state index contributed by atoms with van der Waals surface area (Å²) in [4.78, 5) is 8.94. The molecule has 28 heavy (non-hydrogen) atoms. The molecule has 4 nitrogen and oxygen atoms in total. The van der Waals surface area contributed by atoms with Gasteiger partial charge in [-0.15, -0.1) is 0 Å². The molecule has 1 N–H and O–H groups in total. The molecule has 0 saturated heterocycles. The number of hydrogen-bond donors (Lipinski definition) is 1. The molecule has 0 spiro atoms. The van der Waals surface area contributed by atoms with Crippen LogP contribution in [0.4, 0.5) is 5.82 Å². The summed E-state index contributed by atoms with van der Waals surface area (Å²) in [6.45, 7) is 0. The fraction of sp³-hybridized carbons (Fsp3) is 0.0476. The number of nitrogens with zero attached hydrogens (tertiary/aromatic N) is 2. The molecule has 2 aromatic carbocycles. The summed E-state index contributed by atoms with van der Waals surface area (Å²) in [5.41, 5.74) is 2.61. The Labute approximate surface area is 189 Å². The average Bonchev–Trinajstić information content (AvgIpc) is 2.74. The van der Waals surface area contributed by atoms with Gasteiger partial charge in [-0.25, -0.2) is 0 Å². The van der Waals surface area contributed by atoms with Gasteiger partial charge in [-0.3, -0.25) is 0 Å². The van der Waals surface area contributed by atoms with E-state index >= 15 is 0 Å². The summed E-state index contributed by atoms with van der Waals surface area (Å²) >= 11 is 13.2. The second-order valence-electron chi connectivity index (χ2n) is 6.11. The van der Waals surface area contributed by atoms with E-state index < -0.39 is 0 Å². The molecule has 0 bridgehead atoms. The average molecular weight is 600 g/mol. The van der Waals surface area contributed by atoms with Crippen molar-refractivity contribution in [2.24, 2.45) is 0 Å². The molecule has 0 aliphatic rings. The molecule has 4 rings (SSSR count). The summed E-state index contributed by atoms with van der Waals surface area (Å²) in [6.07, 6.45) is 3.51. The molecule has 2 aromatic heterocycles. The van der Waals surface area contributed by atoms with Crippen LogP contribution in [-0.4, -0.2) is 36.2 Å². The first kappa shape index (κ1) is 19.4. The van der Waals surface area contributed by atoms with Gasteiger partial charge in [0.25, 0.3) is 0 Å². The van der Waals surface area contributed by atoms with E-state index in [1.165, 1.54) is 0 Å². The quantitative estimate of drug-likeness (QED) is 0.304. The van der Waals surface area contributed by atoms with E-state index in [4.69, 9.17) is 25.9 Å². The van der Waals surface area contributed by atoms with E-state index in [0.29, 0.717) is 36.3 Å². The van der Waals surface area contributed by atoms with Crippen molar-refractivity contribution in [1.29, 1.82) is 0 Å². The number of fused-ring (bicyclic) bond motifs is 1. The Kier molecular flexibility index (Phi) is 5.99. The Morgan fingerprint density at radius 3 is 2.50 bits per heavy atom. The van der Waals surface area contributed by atoms with Crippen LogP contribution in [0.3, 0.4) is 0 Å². The van der Waals surface area contributed by atoms with E-state index in [-0.39, 0.29) is 6.04 Å². The summed E-state index contributed by atoms with van der Waals surface area (Å²) < 4.78 is 5.94. The van der Waals surface area contributed by atoms with Crippen molar-refractivity contribution in [1.82, 2.24) is 9.97 Å². The van der Waals surface area contributed by atoms with Crippen LogP contribution in [0.2, 0.25) is 10.0 Å². The predicted molar refractivity (Wildman–Crippen MR) is 114 cm³/mol. The van der Waals surface area contributed by atoms with Gasteiger partial charge < -0.3 is 0 Å². The molecule has 4 aromatic rings. The Balaban J connectivity index is 1.93. The number of halogens is 2. The Morgan fingerprint density at radius 2 is 1.71 bits per heavy atom. The van der Waals surface area contributed by atoms with Crippen LogP contribution in [0.25, 0.3) is 10.9 Å². The monoisotopic (exact) mass is 599 g/mol. The first-order chi connectivity index (χ1) is 13.7. The molecule has 0 fully saturated rings. The second kappa shape index (κ2) is 8.63. The SMILES string of the molecule is Clc1cccc(C(Nc2ccccn2)c2ccc3cccnc3c2[O][Tl])c1Cl. The zero-order chi connectivity index (χ0) is 19.5. The molecule has 1 unspecified atom stereocenters. The van der Waals surface area contributed by atoms with Gasteiger partial charge in [0.05, 0.1) is 0 Å². The number of anilines is 1. The van der Waals surface area contributed by atoms with Crippen LogP contribution >= 0.6 is 23.2 Å². The minimum atomic E-state index is -0.304. The van der Waals surface area contributed by atoms with Crippen LogP contribution in [0.15, 0.2) is 73.1 Å².